The highest BCUT2D eigenvalue weighted by atomic mass is 16.5. The lowest BCUT2D eigenvalue weighted by Gasteiger charge is -2.30. The molecule has 4 nitrogen and oxygen atoms in total. The summed E-state index contributed by atoms with van der Waals surface area (Å²) in [5.41, 5.74) is 2.32. The van der Waals surface area contributed by atoms with Gasteiger partial charge >= 0.3 is 0 Å². The lowest BCUT2D eigenvalue weighted by Crippen LogP contribution is -2.44. The van der Waals surface area contributed by atoms with Gasteiger partial charge in [-0.05, 0) is 49.9 Å². The molecular formula is C19H30N2O2. The van der Waals surface area contributed by atoms with Gasteiger partial charge in [0.15, 0.2) is 0 Å². The Balaban J connectivity index is 1.82. The van der Waals surface area contributed by atoms with Crippen molar-refractivity contribution < 1.29 is 9.53 Å². The number of carbonyl (C=O) groups excluding carboxylic acids is 1. The SMILES string of the molecule is COc1ccc(CN(C)CC(=O)NC2CCCCC2C)cc1C. The smallest absolute Gasteiger partial charge is 0.234 e. The van der Waals surface area contributed by atoms with Crippen molar-refractivity contribution in [3.63, 3.8) is 0 Å². The Kier molecular flexibility index (Phi) is 6.46. The molecule has 0 spiro atoms. The maximum absolute atomic E-state index is 12.3. The Hall–Kier alpha value is -1.55. The number of hydrogen-bond donors (Lipinski definition) is 1. The zero-order valence-electron chi connectivity index (χ0n) is 14.9. The number of hydrogen-bond acceptors (Lipinski definition) is 3. The maximum Gasteiger partial charge on any atom is 0.234 e. The predicted octanol–water partition coefficient (Wildman–Crippen LogP) is 3.13. The van der Waals surface area contributed by atoms with Crippen molar-refractivity contribution in [2.75, 3.05) is 20.7 Å². The molecular weight excluding hydrogens is 288 g/mol. The maximum atomic E-state index is 12.3. The van der Waals surface area contributed by atoms with E-state index in [-0.39, 0.29) is 5.91 Å². The third kappa shape index (κ3) is 5.24. The van der Waals surface area contributed by atoms with Crippen molar-refractivity contribution in [2.24, 2.45) is 5.92 Å². The van der Waals surface area contributed by atoms with Crippen molar-refractivity contribution in [1.82, 2.24) is 10.2 Å². The second kappa shape index (κ2) is 8.34. The Bertz CT molecular complexity index is 530. The van der Waals surface area contributed by atoms with Crippen molar-refractivity contribution in [2.45, 2.75) is 52.1 Å². The van der Waals surface area contributed by atoms with E-state index in [2.05, 4.69) is 29.3 Å². The van der Waals surface area contributed by atoms with Crippen LogP contribution in [0, 0.1) is 12.8 Å². The molecule has 0 aromatic heterocycles. The third-order valence-corrected chi connectivity index (χ3v) is 4.78. The topological polar surface area (TPSA) is 41.6 Å². The molecule has 1 aliphatic carbocycles. The summed E-state index contributed by atoms with van der Waals surface area (Å²) >= 11 is 0. The summed E-state index contributed by atoms with van der Waals surface area (Å²) in [6.07, 6.45) is 4.88. The van der Waals surface area contributed by atoms with Crippen LogP contribution >= 0.6 is 0 Å². The van der Waals surface area contributed by atoms with Crippen LogP contribution in [0.25, 0.3) is 0 Å². The molecule has 0 heterocycles. The van der Waals surface area contributed by atoms with E-state index >= 15 is 0 Å². The molecule has 2 atom stereocenters. The molecule has 128 valence electrons. The highest BCUT2D eigenvalue weighted by molar-refractivity contribution is 5.78. The molecule has 23 heavy (non-hydrogen) atoms. The van der Waals surface area contributed by atoms with Crippen LogP contribution in [0.4, 0.5) is 0 Å². The summed E-state index contributed by atoms with van der Waals surface area (Å²) in [5, 5.41) is 3.21. The number of ether oxygens (including phenoxy) is 1. The second-order valence-corrected chi connectivity index (χ2v) is 6.91. The molecule has 2 unspecified atom stereocenters. The average molecular weight is 318 g/mol. The molecule has 1 aliphatic rings. The second-order valence-electron chi connectivity index (χ2n) is 6.91. The normalized spacial score (nSPS) is 21.3. The fraction of sp³-hybridized carbons (Fsp3) is 0.632. The Morgan fingerprint density at radius 2 is 2.09 bits per heavy atom. The fourth-order valence-corrected chi connectivity index (χ4v) is 3.43. The monoisotopic (exact) mass is 318 g/mol. The molecule has 1 N–H and O–H groups in total. The van der Waals surface area contributed by atoms with Gasteiger partial charge in [0, 0.05) is 12.6 Å². The van der Waals surface area contributed by atoms with Crippen molar-refractivity contribution in [3.8, 4) is 5.75 Å². The first-order valence-corrected chi connectivity index (χ1v) is 8.61. The van der Waals surface area contributed by atoms with Gasteiger partial charge in [0.1, 0.15) is 5.75 Å². The predicted molar refractivity (Wildman–Crippen MR) is 93.6 cm³/mol. The first-order valence-electron chi connectivity index (χ1n) is 8.61. The molecule has 0 bridgehead atoms. The lowest BCUT2D eigenvalue weighted by atomic mass is 9.86. The largest absolute Gasteiger partial charge is 0.496 e. The summed E-state index contributed by atoms with van der Waals surface area (Å²) in [5.74, 6) is 1.64. The van der Waals surface area contributed by atoms with Crippen LogP contribution in [0.5, 0.6) is 5.75 Å². The van der Waals surface area contributed by atoms with E-state index in [9.17, 15) is 4.79 Å². The van der Waals surface area contributed by atoms with Gasteiger partial charge in [-0.2, -0.15) is 0 Å². The summed E-state index contributed by atoms with van der Waals surface area (Å²) in [6.45, 7) is 5.49. The lowest BCUT2D eigenvalue weighted by molar-refractivity contribution is -0.123. The van der Waals surface area contributed by atoms with E-state index in [4.69, 9.17) is 4.74 Å². The van der Waals surface area contributed by atoms with E-state index in [1.165, 1.54) is 24.8 Å². The quantitative estimate of drug-likeness (QED) is 0.876. The average Bonchev–Trinajstić information content (AvgIpc) is 2.49. The molecule has 4 heteroatoms. The van der Waals surface area contributed by atoms with Crippen LogP contribution in [0.3, 0.4) is 0 Å². The van der Waals surface area contributed by atoms with Crippen molar-refractivity contribution in [3.05, 3.63) is 29.3 Å². The molecule has 0 aliphatic heterocycles. The van der Waals surface area contributed by atoms with Crippen LogP contribution in [-0.4, -0.2) is 37.6 Å². The number of likely N-dealkylation sites (N-methyl/N-ethyl adjacent to an activating group) is 1. The first kappa shape index (κ1) is 17.8. The Morgan fingerprint density at radius 1 is 1.35 bits per heavy atom. The number of nitrogens with zero attached hydrogens (tertiary/aromatic N) is 1. The van der Waals surface area contributed by atoms with Gasteiger partial charge in [-0.3, -0.25) is 9.69 Å². The third-order valence-electron chi connectivity index (χ3n) is 4.78. The number of amides is 1. The van der Waals surface area contributed by atoms with Crippen LogP contribution < -0.4 is 10.1 Å². The fourth-order valence-electron chi connectivity index (χ4n) is 3.43. The van der Waals surface area contributed by atoms with Crippen LogP contribution in [0.1, 0.15) is 43.7 Å². The van der Waals surface area contributed by atoms with Gasteiger partial charge in [0.2, 0.25) is 5.91 Å². The number of benzene rings is 1. The van der Waals surface area contributed by atoms with Crippen LogP contribution in [0.2, 0.25) is 0 Å². The minimum Gasteiger partial charge on any atom is -0.496 e. The van der Waals surface area contributed by atoms with Gasteiger partial charge in [-0.1, -0.05) is 31.9 Å². The first-order chi connectivity index (χ1) is 11.0. The summed E-state index contributed by atoms with van der Waals surface area (Å²) in [4.78, 5) is 14.3. The highest BCUT2D eigenvalue weighted by Gasteiger charge is 2.23. The molecule has 0 radical (unpaired) electrons. The van der Waals surface area contributed by atoms with Crippen molar-refractivity contribution >= 4 is 5.91 Å². The van der Waals surface area contributed by atoms with E-state index < -0.39 is 0 Å². The zero-order chi connectivity index (χ0) is 16.8. The minimum atomic E-state index is 0.136. The Labute approximate surface area is 140 Å². The van der Waals surface area contributed by atoms with Gasteiger partial charge in [0.25, 0.3) is 0 Å². The molecule has 1 aromatic rings. The van der Waals surface area contributed by atoms with Gasteiger partial charge in [0.05, 0.1) is 13.7 Å². The molecule has 1 aromatic carbocycles. The standard InChI is InChI=1S/C19H30N2O2/c1-14-7-5-6-8-17(14)20-19(22)13-21(3)12-16-9-10-18(23-4)15(2)11-16/h9-11,14,17H,5-8,12-13H2,1-4H3,(H,20,22). The number of rotatable bonds is 6. The van der Waals surface area contributed by atoms with Crippen molar-refractivity contribution in [1.29, 1.82) is 0 Å². The van der Waals surface area contributed by atoms with Crippen LogP contribution in [0.15, 0.2) is 18.2 Å². The number of carbonyl (C=O) groups is 1. The number of aryl methyl sites for hydroxylation is 1. The van der Waals surface area contributed by atoms with E-state index in [0.29, 0.717) is 18.5 Å². The van der Waals surface area contributed by atoms with E-state index in [0.717, 1.165) is 24.3 Å². The molecule has 2 rings (SSSR count). The van der Waals surface area contributed by atoms with Gasteiger partial charge < -0.3 is 10.1 Å². The molecule has 0 saturated heterocycles. The zero-order valence-corrected chi connectivity index (χ0v) is 14.9. The minimum absolute atomic E-state index is 0.136. The molecule has 1 fully saturated rings. The molecule has 1 saturated carbocycles. The summed E-state index contributed by atoms with van der Waals surface area (Å²) in [7, 11) is 3.67. The number of nitrogens with one attached hydrogen (secondary N) is 1. The van der Waals surface area contributed by atoms with Crippen LogP contribution in [-0.2, 0) is 11.3 Å². The van der Waals surface area contributed by atoms with E-state index in [1.54, 1.807) is 7.11 Å². The van der Waals surface area contributed by atoms with Gasteiger partial charge in [-0.25, -0.2) is 0 Å². The van der Waals surface area contributed by atoms with E-state index in [1.807, 2.05) is 20.0 Å². The Morgan fingerprint density at radius 3 is 2.74 bits per heavy atom. The summed E-state index contributed by atoms with van der Waals surface area (Å²) in [6, 6.07) is 6.52. The summed E-state index contributed by atoms with van der Waals surface area (Å²) < 4.78 is 5.29. The number of methoxy groups -OCH3 is 1. The highest BCUT2D eigenvalue weighted by Crippen LogP contribution is 2.23. The molecule has 1 amide bonds. The van der Waals surface area contributed by atoms with Gasteiger partial charge in [-0.15, -0.1) is 0 Å².